The van der Waals surface area contributed by atoms with E-state index >= 15 is 0 Å². The van der Waals surface area contributed by atoms with Crippen LogP contribution in [0.2, 0.25) is 0 Å². The van der Waals surface area contributed by atoms with Crippen LogP contribution in [0.3, 0.4) is 0 Å². The second kappa shape index (κ2) is 4.65. The lowest BCUT2D eigenvalue weighted by molar-refractivity contribution is -0.127. The van der Waals surface area contributed by atoms with Crippen molar-refractivity contribution in [1.82, 2.24) is 4.90 Å². The molecule has 0 saturated heterocycles. The van der Waals surface area contributed by atoms with Crippen LogP contribution in [0.4, 0.5) is 0 Å². The molecule has 0 fully saturated rings. The molecule has 86 valence electrons. The molecule has 1 heterocycles. The molecule has 0 radical (unpaired) electrons. The highest BCUT2D eigenvalue weighted by molar-refractivity contribution is 7.81. The Balaban J connectivity index is 2.08. The van der Waals surface area contributed by atoms with Crippen molar-refractivity contribution >= 4 is 18.5 Å². The predicted octanol–water partition coefficient (Wildman–Crippen LogP) is 1.30. The van der Waals surface area contributed by atoms with Gasteiger partial charge in [0.05, 0.1) is 5.75 Å². The largest absolute Gasteiger partial charge is 0.454 e. The molecule has 0 aliphatic carbocycles. The summed E-state index contributed by atoms with van der Waals surface area (Å²) in [7, 11) is 1.75. The van der Waals surface area contributed by atoms with E-state index in [0.717, 1.165) is 17.1 Å². The average molecular weight is 239 g/mol. The maximum absolute atomic E-state index is 11.3. The number of fused-ring (bicyclic) bond motifs is 1. The van der Waals surface area contributed by atoms with E-state index in [1.54, 1.807) is 11.9 Å². The fourth-order valence-corrected chi connectivity index (χ4v) is 1.76. The Labute approximate surface area is 99.6 Å². The van der Waals surface area contributed by atoms with Gasteiger partial charge in [0.15, 0.2) is 11.5 Å². The fourth-order valence-electron chi connectivity index (χ4n) is 1.52. The molecule has 1 aliphatic rings. The number of benzene rings is 1. The van der Waals surface area contributed by atoms with Crippen LogP contribution in [0, 0.1) is 0 Å². The smallest absolute Gasteiger partial charge is 0.232 e. The summed E-state index contributed by atoms with van der Waals surface area (Å²) in [6, 6.07) is 5.68. The van der Waals surface area contributed by atoms with E-state index in [9.17, 15) is 4.79 Å². The van der Waals surface area contributed by atoms with Crippen molar-refractivity contribution < 1.29 is 14.3 Å². The van der Waals surface area contributed by atoms with Crippen molar-refractivity contribution in [3.05, 3.63) is 23.8 Å². The first-order chi connectivity index (χ1) is 7.70. The fraction of sp³-hybridized carbons (Fsp3) is 0.364. The van der Waals surface area contributed by atoms with E-state index in [0.29, 0.717) is 6.54 Å². The van der Waals surface area contributed by atoms with Crippen LogP contribution in [0.15, 0.2) is 18.2 Å². The van der Waals surface area contributed by atoms with Gasteiger partial charge >= 0.3 is 0 Å². The van der Waals surface area contributed by atoms with Crippen LogP contribution in [-0.2, 0) is 11.3 Å². The van der Waals surface area contributed by atoms with Crippen molar-refractivity contribution in [2.45, 2.75) is 6.54 Å². The minimum Gasteiger partial charge on any atom is -0.454 e. The van der Waals surface area contributed by atoms with Gasteiger partial charge in [-0.1, -0.05) is 6.07 Å². The zero-order valence-corrected chi connectivity index (χ0v) is 9.87. The summed E-state index contributed by atoms with van der Waals surface area (Å²) >= 11 is 3.95. The summed E-state index contributed by atoms with van der Waals surface area (Å²) in [5.41, 5.74) is 1.02. The molecule has 4 nitrogen and oxygen atoms in total. The SMILES string of the molecule is CN(Cc1ccc2c(c1)OCO2)C(=O)CS. The number of hydrogen-bond donors (Lipinski definition) is 1. The Morgan fingerprint density at radius 2 is 2.19 bits per heavy atom. The molecule has 0 bridgehead atoms. The zero-order valence-electron chi connectivity index (χ0n) is 8.97. The highest BCUT2D eigenvalue weighted by Crippen LogP contribution is 2.32. The van der Waals surface area contributed by atoms with Crippen LogP contribution in [0.1, 0.15) is 5.56 Å². The lowest BCUT2D eigenvalue weighted by Gasteiger charge is -2.16. The van der Waals surface area contributed by atoms with Gasteiger partial charge in [0, 0.05) is 13.6 Å². The van der Waals surface area contributed by atoms with Gasteiger partial charge in [-0.25, -0.2) is 0 Å². The molecular weight excluding hydrogens is 226 g/mol. The van der Waals surface area contributed by atoms with Crippen LogP contribution >= 0.6 is 12.6 Å². The Morgan fingerprint density at radius 3 is 2.94 bits per heavy atom. The third-order valence-electron chi connectivity index (χ3n) is 2.42. The summed E-state index contributed by atoms with van der Waals surface area (Å²) in [5, 5.41) is 0. The molecule has 2 rings (SSSR count). The number of rotatable bonds is 3. The number of thiol groups is 1. The summed E-state index contributed by atoms with van der Waals surface area (Å²) in [5.74, 6) is 1.72. The highest BCUT2D eigenvalue weighted by Gasteiger charge is 2.14. The molecule has 1 aromatic rings. The van der Waals surface area contributed by atoms with Gasteiger partial charge in [0.25, 0.3) is 0 Å². The molecule has 0 aromatic heterocycles. The Morgan fingerprint density at radius 1 is 1.44 bits per heavy atom. The highest BCUT2D eigenvalue weighted by atomic mass is 32.1. The van der Waals surface area contributed by atoms with Crippen molar-refractivity contribution in [2.24, 2.45) is 0 Å². The molecule has 0 unspecified atom stereocenters. The zero-order chi connectivity index (χ0) is 11.5. The molecule has 0 saturated carbocycles. The molecule has 1 aromatic carbocycles. The van der Waals surface area contributed by atoms with Gasteiger partial charge in [0.1, 0.15) is 0 Å². The standard InChI is InChI=1S/C11H13NO3S/c1-12(11(13)6-16)5-8-2-3-9-10(4-8)15-7-14-9/h2-4,16H,5-7H2,1H3. The lowest BCUT2D eigenvalue weighted by atomic mass is 10.2. The van der Waals surface area contributed by atoms with Gasteiger partial charge in [-0.15, -0.1) is 0 Å². The van der Waals surface area contributed by atoms with Crippen LogP contribution in [0.5, 0.6) is 11.5 Å². The normalized spacial score (nSPS) is 12.6. The predicted molar refractivity (Wildman–Crippen MR) is 62.9 cm³/mol. The van der Waals surface area contributed by atoms with E-state index < -0.39 is 0 Å². The van der Waals surface area contributed by atoms with Crippen molar-refractivity contribution in [3.8, 4) is 11.5 Å². The van der Waals surface area contributed by atoms with Gasteiger partial charge in [-0.3, -0.25) is 4.79 Å². The molecule has 16 heavy (non-hydrogen) atoms. The van der Waals surface area contributed by atoms with Crippen LogP contribution in [0.25, 0.3) is 0 Å². The number of ether oxygens (including phenoxy) is 2. The van der Waals surface area contributed by atoms with E-state index in [4.69, 9.17) is 9.47 Å². The Bertz CT molecular complexity index is 408. The summed E-state index contributed by atoms with van der Waals surface area (Å²) < 4.78 is 10.5. The molecular formula is C11H13NO3S. The topological polar surface area (TPSA) is 38.8 Å². The number of carbonyl (C=O) groups excluding carboxylic acids is 1. The summed E-state index contributed by atoms with van der Waals surface area (Å²) in [6.45, 7) is 0.820. The Hall–Kier alpha value is -1.36. The summed E-state index contributed by atoms with van der Waals surface area (Å²) in [4.78, 5) is 13.0. The van der Waals surface area contributed by atoms with E-state index in [-0.39, 0.29) is 18.5 Å². The third-order valence-corrected chi connectivity index (χ3v) is 2.69. The number of carbonyl (C=O) groups is 1. The summed E-state index contributed by atoms with van der Waals surface area (Å²) in [6.07, 6.45) is 0. The minimum absolute atomic E-state index is 0.000926. The first-order valence-corrected chi connectivity index (χ1v) is 5.57. The quantitative estimate of drug-likeness (QED) is 0.808. The average Bonchev–Trinajstić information content (AvgIpc) is 2.75. The van der Waals surface area contributed by atoms with Gasteiger partial charge in [0.2, 0.25) is 12.7 Å². The second-order valence-corrected chi connectivity index (χ2v) is 3.91. The van der Waals surface area contributed by atoms with E-state index in [1.165, 1.54) is 0 Å². The second-order valence-electron chi connectivity index (χ2n) is 3.60. The van der Waals surface area contributed by atoms with Crippen LogP contribution < -0.4 is 9.47 Å². The first kappa shape index (κ1) is 11.1. The van der Waals surface area contributed by atoms with Gasteiger partial charge in [-0.2, -0.15) is 12.6 Å². The van der Waals surface area contributed by atoms with Crippen LogP contribution in [-0.4, -0.2) is 30.4 Å². The number of hydrogen-bond acceptors (Lipinski definition) is 4. The maximum Gasteiger partial charge on any atom is 0.232 e. The number of nitrogens with zero attached hydrogens (tertiary/aromatic N) is 1. The molecule has 1 aliphatic heterocycles. The van der Waals surface area contributed by atoms with Gasteiger partial charge in [-0.05, 0) is 17.7 Å². The molecule has 0 spiro atoms. The molecule has 0 atom stereocenters. The van der Waals surface area contributed by atoms with E-state index in [2.05, 4.69) is 12.6 Å². The van der Waals surface area contributed by atoms with Crippen molar-refractivity contribution in [2.75, 3.05) is 19.6 Å². The third kappa shape index (κ3) is 2.24. The van der Waals surface area contributed by atoms with Gasteiger partial charge < -0.3 is 14.4 Å². The molecule has 0 N–H and O–H groups in total. The van der Waals surface area contributed by atoms with E-state index in [1.807, 2.05) is 18.2 Å². The van der Waals surface area contributed by atoms with Crippen molar-refractivity contribution in [3.63, 3.8) is 0 Å². The lowest BCUT2D eigenvalue weighted by Crippen LogP contribution is -2.27. The maximum atomic E-state index is 11.3. The molecule has 1 amide bonds. The number of amides is 1. The monoisotopic (exact) mass is 239 g/mol. The minimum atomic E-state index is 0.000926. The van der Waals surface area contributed by atoms with Crippen molar-refractivity contribution in [1.29, 1.82) is 0 Å². The first-order valence-electron chi connectivity index (χ1n) is 4.94. The molecule has 5 heteroatoms. The Kier molecular flexibility index (Phi) is 3.24.